The Morgan fingerprint density at radius 2 is 1.69 bits per heavy atom. The van der Waals surface area contributed by atoms with Crippen LogP contribution in [-0.4, -0.2) is 58.7 Å². The van der Waals surface area contributed by atoms with E-state index in [4.69, 9.17) is 11.6 Å². The van der Waals surface area contributed by atoms with Crippen LogP contribution in [0.2, 0.25) is 5.02 Å². The summed E-state index contributed by atoms with van der Waals surface area (Å²) in [6.07, 6.45) is 0.657. The number of hydrogen-bond donors (Lipinski definition) is 0. The monoisotopic (exact) mass is 452 g/mol. The Bertz CT molecular complexity index is 1360. The predicted octanol–water partition coefficient (Wildman–Crippen LogP) is 2.72. The van der Waals surface area contributed by atoms with Crippen LogP contribution in [0.1, 0.15) is 6.42 Å². The zero-order valence-corrected chi connectivity index (χ0v) is 19.3. The van der Waals surface area contributed by atoms with Gasteiger partial charge in [-0.3, -0.25) is 13.9 Å². The first kappa shape index (κ1) is 22.0. The SMILES string of the molecule is CN(C)CCCn1c(=O)nc2n(-c3ccc(N(C)C)cc3)c3cc(Cl)ccc3nc-2c1=O. The molecule has 0 radical (unpaired) electrons. The number of hydrogen-bond acceptors (Lipinski definition) is 6. The van der Waals surface area contributed by atoms with E-state index in [-0.39, 0.29) is 18.1 Å². The largest absolute Gasteiger partial charge is 0.378 e. The normalized spacial score (nSPS) is 11.6. The fourth-order valence-corrected chi connectivity index (χ4v) is 3.84. The molecule has 9 heteroatoms. The molecule has 8 nitrogen and oxygen atoms in total. The third-order valence-corrected chi connectivity index (χ3v) is 5.56. The van der Waals surface area contributed by atoms with Gasteiger partial charge in [-0.1, -0.05) is 11.6 Å². The van der Waals surface area contributed by atoms with E-state index >= 15 is 0 Å². The summed E-state index contributed by atoms with van der Waals surface area (Å²) in [5.41, 5.74) is 2.18. The first-order valence-corrected chi connectivity index (χ1v) is 10.7. The summed E-state index contributed by atoms with van der Waals surface area (Å²) in [6, 6.07) is 13.0. The maximum atomic E-state index is 13.3. The molecular formula is C23H25ClN6O2. The van der Waals surface area contributed by atoms with Gasteiger partial charge in [0.15, 0.2) is 11.5 Å². The van der Waals surface area contributed by atoms with Crippen molar-refractivity contribution in [1.29, 1.82) is 0 Å². The van der Waals surface area contributed by atoms with Gasteiger partial charge in [0.2, 0.25) is 0 Å². The third-order valence-electron chi connectivity index (χ3n) is 5.33. The van der Waals surface area contributed by atoms with E-state index in [0.717, 1.165) is 17.9 Å². The average Bonchev–Trinajstić information content (AvgIpc) is 2.75. The lowest BCUT2D eigenvalue weighted by molar-refractivity contribution is 0.382. The standard InChI is InChI=1S/C23H25ClN6O2/c1-27(2)12-5-13-29-22(31)20-21(26-23(29)32)30(17-9-7-16(8-10-17)28(3)4)19-14-15(24)6-11-18(19)25-20/h6-11,14H,5,12-13H2,1-4H3. The van der Waals surface area contributed by atoms with Crippen LogP contribution in [0.5, 0.6) is 0 Å². The van der Waals surface area contributed by atoms with Gasteiger partial charge in [0, 0.05) is 37.0 Å². The van der Waals surface area contributed by atoms with Gasteiger partial charge in [-0.15, -0.1) is 0 Å². The van der Waals surface area contributed by atoms with Crippen LogP contribution in [0.4, 0.5) is 5.69 Å². The summed E-state index contributed by atoms with van der Waals surface area (Å²) < 4.78 is 2.94. The number of rotatable bonds is 6. The highest BCUT2D eigenvalue weighted by Gasteiger charge is 2.22. The number of halogens is 1. The molecule has 0 fully saturated rings. The minimum atomic E-state index is -0.580. The van der Waals surface area contributed by atoms with E-state index in [2.05, 4.69) is 9.97 Å². The molecule has 0 unspecified atom stereocenters. The van der Waals surface area contributed by atoms with E-state index in [1.807, 2.05) is 62.3 Å². The van der Waals surface area contributed by atoms with Crippen LogP contribution in [-0.2, 0) is 6.54 Å². The molecule has 0 spiro atoms. The van der Waals surface area contributed by atoms with Crippen LogP contribution in [0.25, 0.3) is 28.2 Å². The molecule has 0 N–H and O–H groups in total. The maximum Gasteiger partial charge on any atom is 0.352 e. The summed E-state index contributed by atoms with van der Waals surface area (Å²) in [5.74, 6) is 0.219. The Kier molecular flexibility index (Phi) is 5.99. The second kappa shape index (κ2) is 8.72. The summed E-state index contributed by atoms with van der Waals surface area (Å²) >= 11 is 6.27. The van der Waals surface area contributed by atoms with Crippen molar-refractivity contribution in [1.82, 2.24) is 24.0 Å². The molecule has 2 aliphatic rings. The van der Waals surface area contributed by atoms with Gasteiger partial charge in [-0.2, -0.15) is 4.98 Å². The van der Waals surface area contributed by atoms with Gasteiger partial charge >= 0.3 is 5.69 Å². The van der Waals surface area contributed by atoms with Gasteiger partial charge < -0.3 is 9.80 Å². The highest BCUT2D eigenvalue weighted by atomic mass is 35.5. The van der Waals surface area contributed by atoms with Crippen molar-refractivity contribution in [2.45, 2.75) is 13.0 Å². The molecular weight excluding hydrogens is 428 g/mol. The molecule has 166 valence electrons. The summed E-state index contributed by atoms with van der Waals surface area (Å²) in [5, 5.41) is 0.525. The molecule has 2 aromatic carbocycles. The minimum absolute atomic E-state index is 0.154. The van der Waals surface area contributed by atoms with E-state index in [9.17, 15) is 9.59 Å². The molecule has 0 atom stereocenters. The van der Waals surface area contributed by atoms with E-state index in [1.54, 1.807) is 22.8 Å². The molecule has 0 aliphatic carbocycles. The van der Waals surface area contributed by atoms with Crippen LogP contribution in [0.15, 0.2) is 52.1 Å². The Hall–Kier alpha value is -3.23. The van der Waals surface area contributed by atoms with E-state index in [1.165, 1.54) is 4.57 Å². The van der Waals surface area contributed by atoms with Crippen molar-refractivity contribution < 1.29 is 0 Å². The predicted molar refractivity (Wildman–Crippen MR) is 129 cm³/mol. The maximum absolute atomic E-state index is 13.3. The van der Waals surface area contributed by atoms with Crippen molar-refractivity contribution in [3.05, 3.63) is 68.3 Å². The smallest absolute Gasteiger partial charge is 0.352 e. The molecule has 0 bridgehead atoms. The van der Waals surface area contributed by atoms with Crippen molar-refractivity contribution in [2.75, 3.05) is 39.6 Å². The van der Waals surface area contributed by atoms with Gasteiger partial charge in [0.25, 0.3) is 5.56 Å². The van der Waals surface area contributed by atoms with Gasteiger partial charge in [0.05, 0.1) is 11.0 Å². The number of nitrogens with zero attached hydrogens (tertiary/aromatic N) is 6. The highest BCUT2D eigenvalue weighted by molar-refractivity contribution is 6.31. The van der Waals surface area contributed by atoms with Crippen LogP contribution in [0.3, 0.4) is 0 Å². The van der Waals surface area contributed by atoms with Crippen molar-refractivity contribution in [3.8, 4) is 17.2 Å². The van der Waals surface area contributed by atoms with Gasteiger partial charge in [-0.25, -0.2) is 9.78 Å². The Balaban J connectivity index is 1.98. The molecule has 32 heavy (non-hydrogen) atoms. The first-order valence-electron chi connectivity index (χ1n) is 10.3. The number of anilines is 1. The second-order valence-electron chi connectivity index (χ2n) is 8.17. The molecule has 4 rings (SSSR count). The molecule has 0 aromatic heterocycles. The molecule has 0 amide bonds. The Morgan fingerprint density at radius 3 is 2.34 bits per heavy atom. The molecule has 2 aromatic rings. The van der Waals surface area contributed by atoms with Crippen LogP contribution >= 0.6 is 11.6 Å². The lowest BCUT2D eigenvalue weighted by Crippen LogP contribution is -2.39. The molecule has 2 heterocycles. The van der Waals surface area contributed by atoms with Crippen LogP contribution in [0, 0.1) is 0 Å². The molecule has 0 saturated carbocycles. The second-order valence-corrected chi connectivity index (χ2v) is 8.61. The highest BCUT2D eigenvalue weighted by Crippen LogP contribution is 2.28. The number of fused-ring (bicyclic) bond motifs is 2. The molecule has 0 saturated heterocycles. The van der Waals surface area contributed by atoms with Crippen molar-refractivity contribution >= 4 is 28.3 Å². The third kappa shape index (κ3) is 4.11. The lowest BCUT2D eigenvalue weighted by Gasteiger charge is -2.19. The fourth-order valence-electron chi connectivity index (χ4n) is 3.68. The van der Waals surface area contributed by atoms with Gasteiger partial charge in [0.1, 0.15) is 0 Å². The summed E-state index contributed by atoms with van der Waals surface area (Å²) in [6.45, 7) is 1.04. The zero-order chi connectivity index (χ0) is 23.0. The minimum Gasteiger partial charge on any atom is -0.378 e. The Morgan fingerprint density at radius 1 is 0.969 bits per heavy atom. The fraction of sp³-hybridized carbons (Fsp3) is 0.304. The Labute approximate surface area is 190 Å². The zero-order valence-electron chi connectivity index (χ0n) is 18.5. The number of benzene rings is 2. The van der Waals surface area contributed by atoms with Crippen molar-refractivity contribution in [3.63, 3.8) is 0 Å². The first-order chi connectivity index (χ1) is 15.3. The summed E-state index contributed by atoms with van der Waals surface area (Å²) in [4.78, 5) is 38.9. The number of aromatic nitrogens is 4. The van der Waals surface area contributed by atoms with E-state index < -0.39 is 11.2 Å². The van der Waals surface area contributed by atoms with Crippen LogP contribution < -0.4 is 16.1 Å². The summed E-state index contributed by atoms with van der Waals surface area (Å²) in [7, 11) is 7.82. The van der Waals surface area contributed by atoms with Crippen molar-refractivity contribution in [2.24, 2.45) is 0 Å². The van der Waals surface area contributed by atoms with Gasteiger partial charge in [-0.05, 0) is 69.5 Å². The quantitative estimate of drug-likeness (QED) is 0.419. The lowest BCUT2D eigenvalue weighted by atomic mass is 10.2. The average molecular weight is 453 g/mol. The topological polar surface area (TPSA) is 76.3 Å². The van der Waals surface area contributed by atoms with E-state index in [0.29, 0.717) is 22.5 Å². The molecule has 2 aliphatic heterocycles.